The molecule has 11 amide bonds. The number of allylic oxidation sites excluding steroid dienone is 2. The van der Waals surface area contributed by atoms with Gasteiger partial charge in [0, 0.05) is 55.9 Å². The summed E-state index contributed by atoms with van der Waals surface area (Å²) in [6.07, 6.45) is 5.48. The minimum absolute atomic E-state index is 0.00559. The zero-order valence-corrected chi connectivity index (χ0v) is 61.2. The Morgan fingerprint density at radius 2 is 0.978 bits per heavy atom. The maximum absolute atomic E-state index is 15.2. The normalized spacial score (nSPS) is 26.1. The number of aliphatic hydroxyl groups excluding tert-OH is 1. The molecule has 0 aliphatic carbocycles. The second-order valence-electron chi connectivity index (χ2n) is 27.4. The number of hydrogen-bond donors (Lipinski definition) is 5. The van der Waals surface area contributed by atoms with Gasteiger partial charge in [-0.05, 0) is 108 Å². The Hall–Kier alpha value is -6.47. The molecule has 0 aromatic carbocycles. The van der Waals surface area contributed by atoms with Crippen molar-refractivity contribution in [3.05, 3.63) is 24.3 Å². The van der Waals surface area contributed by atoms with Gasteiger partial charge in [0.25, 0.3) is 0 Å². The fourth-order valence-electron chi connectivity index (χ4n) is 11.5. The first-order chi connectivity index (χ1) is 43.2. The first kappa shape index (κ1) is 84.5. The summed E-state index contributed by atoms with van der Waals surface area (Å²) in [6, 6.07) is -12.9. The minimum atomic E-state index is -1.64. The summed E-state index contributed by atoms with van der Waals surface area (Å²) in [4.78, 5) is 173. The van der Waals surface area contributed by atoms with Crippen LogP contribution in [0.3, 0.4) is 0 Å². The predicted octanol–water partition coefficient (Wildman–Crippen LogP) is 3.53. The fraction of sp³-hybridized carbons (Fsp3) is 0.779. The summed E-state index contributed by atoms with van der Waals surface area (Å²) >= 11 is 0. The van der Waals surface area contributed by atoms with Gasteiger partial charge in [-0.2, -0.15) is 0 Å². The van der Waals surface area contributed by atoms with E-state index in [4.69, 9.17) is 4.74 Å². The summed E-state index contributed by atoms with van der Waals surface area (Å²) in [5.41, 5.74) is 0. The number of rotatable bonds is 21. The molecular weight excluding hydrogens is 1190 g/mol. The molecular formula is C68H122N12O13. The highest BCUT2D eigenvalue weighted by Crippen LogP contribution is 2.26. The second-order valence-corrected chi connectivity index (χ2v) is 27.4. The smallest absolute Gasteiger partial charge is 0.246 e. The first-order valence-corrected chi connectivity index (χ1v) is 33.5. The lowest BCUT2D eigenvalue weighted by Crippen LogP contribution is -2.63. The zero-order valence-electron chi connectivity index (χ0n) is 61.2. The van der Waals surface area contributed by atoms with Crippen molar-refractivity contribution < 1.29 is 62.6 Å². The molecule has 0 unspecified atom stereocenters. The highest BCUT2D eigenvalue weighted by Gasteiger charge is 2.46. The van der Waals surface area contributed by atoms with Crippen LogP contribution in [0.2, 0.25) is 0 Å². The average molecular weight is 1320 g/mol. The summed E-state index contributed by atoms with van der Waals surface area (Å²) in [5, 5.41) is 23.2. The van der Waals surface area contributed by atoms with Gasteiger partial charge in [-0.3, -0.25) is 52.7 Å². The Balaban J connectivity index is 4.40. The van der Waals surface area contributed by atoms with Gasteiger partial charge in [0.1, 0.15) is 60.4 Å². The molecule has 1 rings (SSSR count). The molecule has 1 fully saturated rings. The SMILES string of the molecule is C/C=C/C[C@@H](C)[C@@H](O)[C@H]1C(=O)N[C@@H](CC)C(=O)N(C)CC(=O)N(C)[C@@H]([C@@H](C)OC/C=C/CN(CC)CC)C(=O)N[C@@H](C(C)C)C(=O)N(C)[C@H](CC(C)C)C(=O)N[C@@H](C)C(=O)N[C@@H](C)C(=O)N(C)[C@@H](CC(C)C)C(=O)N(C)[C@H](CC(C)C)C(=O)N(C)[C@@H](C(C)C)C(=O)N1C. The van der Waals surface area contributed by atoms with Crippen molar-refractivity contribution in [1.29, 1.82) is 0 Å². The van der Waals surface area contributed by atoms with E-state index in [1.807, 2.05) is 61.5 Å². The van der Waals surface area contributed by atoms with Gasteiger partial charge in [-0.15, -0.1) is 0 Å². The van der Waals surface area contributed by atoms with Crippen molar-refractivity contribution >= 4 is 65.0 Å². The van der Waals surface area contributed by atoms with Crippen LogP contribution in [0.15, 0.2) is 24.3 Å². The number of carbonyl (C=O) groups excluding carboxylic acids is 11. The van der Waals surface area contributed by atoms with E-state index >= 15 is 14.4 Å². The monoisotopic (exact) mass is 1310 g/mol. The van der Waals surface area contributed by atoms with Crippen LogP contribution < -0.4 is 21.3 Å². The van der Waals surface area contributed by atoms with Gasteiger partial charge >= 0.3 is 0 Å². The van der Waals surface area contributed by atoms with Crippen LogP contribution in [0, 0.1) is 35.5 Å². The molecule has 1 heterocycles. The number of amides is 11. The fourth-order valence-corrected chi connectivity index (χ4v) is 11.5. The molecule has 1 saturated heterocycles. The Morgan fingerprint density at radius 3 is 1.46 bits per heavy atom. The lowest BCUT2D eigenvalue weighted by atomic mass is 9.91. The van der Waals surface area contributed by atoms with Crippen molar-refractivity contribution in [3.63, 3.8) is 0 Å². The second kappa shape index (κ2) is 40.0. The van der Waals surface area contributed by atoms with Crippen LogP contribution >= 0.6 is 0 Å². The van der Waals surface area contributed by atoms with Crippen LogP contribution in [0.5, 0.6) is 0 Å². The van der Waals surface area contributed by atoms with Gasteiger partial charge in [-0.1, -0.05) is 121 Å². The maximum Gasteiger partial charge on any atom is 0.246 e. The molecule has 0 radical (unpaired) electrons. The number of likely N-dealkylation sites (N-methyl/N-ethyl adjacent to an activating group) is 8. The van der Waals surface area contributed by atoms with Gasteiger partial charge in [0.15, 0.2) is 0 Å². The molecule has 1 aliphatic rings. The van der Waals surface area contributed by atoms with Crippen LogP contribution in [0.1, 0.15) is 157 Å². The summed E-state index contributed by atoms with van der Waals surface area (Å²) in [7, 11) is 9.83. The number of aliphatic hydroxyl groups is 1. The van der Waals surface area contributed by atoms with Gasteiger partial charge in [0.2, 0.25) is 65.0 Å². The molecule has 0 bridgehead atoms. The molecule has 25 nitrogen and oxygen atoms in total. The topological polar surface area (TPSA) is 291 Å². The first-order valence-electron chi connectivity index (χ1n) is 33.5. The predicted molar refractivity (Wildman–Crippen MR) is 361 cm³/mol. The molecule has 0 aromatic heterocycles. The van der Waals surface area contributed by atoms with Crippen molar-refractivity contribution in [2.75, 3.05) is 82.1 Å². The lowest BCUT2D eigenvalue weighted by Gasteiger charge is -2.41. The van der Waals surface area contributed by atoms with Gasteiger partial charge in [0.05, 0.1) is 25.4 Å². The quantitative estimate of drug-likeness (QED) is 0.103. The van der Waals surface area contributed by atoms with Crippen LogP contribution in [-0.4, -0.2) is 264 Å². The highest BCUT2D eigenvalue weighted by atomic mass is 16.5. The van der Waals surface area contributed by atoms with E-state index in [-0.39, 0.29) is 50.0 Å². The Morgan fingerprint density at radius 1 is 0.505 bits per heavy atom. The van der Waals surface area contributed by atoms with E-state index in [0.717, 1.165) is 27.8 Å². The summed E-state index contributed by atoms with van der Waals surface area (Å²) in [5.74, 6) is -10.1. The third-order valence-electron chi connectivity index (χ3n) is 17.6. The van der Waals surface area contributed by atoms with Crippen molar-refractivity contribution in [2.24, 2.45) is 35.5 Å². The Bertz CT molecular complexity index is 2540. The molecule has 0 saturated carbocycles. The summed E-state index contributed by atoms with van der Waals surface area (Å²) < 4.78 is 6.22. The number of nitrogens with one attached hydrogen (secondary N) is 4. The maximum atomic E-state index is 15.2. The average Bonchev–Trinajstić information content (AvgIpc) is 0.835. The van der Waals surface area contributed by atoms with Crippen LogP contribution in [0.4, 0.5) is 0 Å². The van der Waals surface area contributed by atoms with Crippen molar-refractivity contribution in [2.45, 2.75) is 229 Å². The Kier molecular flexibility index (Phi) is 36.4. The third kappa shape index (κ3) is 24.7. The van der Waals surface area contributed by atoms with E-state index in [9.17, 15) is 43.5 Å². The number of carbonyl (C=O) groups is 11. The highest BCUT2D eigenvalue weighted by molar-refractivity contribution is 5.99. The van der Waals surface area contributed by atoms with Crippen molar-refractivity contribution in [3.8, 4) is 0 Å². The van der Waals surface area contributed by atoms with E-state index in [0.29, 0.717) is 13.0 Å². The summed E-state index contributed by atoms with van der Waals surface area (Å²) in [6.45, 7) is 33.5. The molecule has 13 atom stereocenters. The van der Waals surface area contributed by atoms with Gasteiger partial charge < -0.3 is 70.3 Å². The van der Waals surface area contributed by atoms with Crippen LogP contribution in [-0.2, 0) is 57.5 Å². The van der Waals surface area contributed by atoms with E-state index in [2.05, 4.69) is 26.2 Å². The Labute approximate surface area is 557 Å². The molecule has 532 valence electrons. The van der Waals surface area contributed by atoms with E-state index in [1.54, 1.807) is 73.6 Å². The molecule has 0 aromatic rings. The zero-order chi connectivity index (χ0) is 71.8. The molecule has 93 heavy (non-hydrogen) atoms. The van der Waals surface area contributed by atoms with E-state index < -0.39 is 162 Å². The van der Waals surface area contributed by atoms with E-state index in [1.165, 1.54) is 82.8 Å². The standard InChI is InChI=1S/C68H122N12O13/c1-26-30-33-45(15)58(82)57-62(86)71-49(27-2)64(88)73(19)39-53(81)77(23)56(48(18)93-35-32-31-34-80(28-3)29-4)61(85)72-54(43(11)12)67(91)74(20)50(36-40(5)6)60(84)69-46(16)59(83)70-47(17)63(87)75(21)51(37-41(7)8)65(89)76(22)52(38-42(9)10)66(90)78(24)55(44(13)14)68(92)79(57)25/h26,30-32,40-52,54-58,82H,27-29,33-39H2,1-25H3,(H,69,84)(H,70,83)(H,71,86)(H,72,85)/b30-26+,32-31+/t45-,46+,47+,48-,49+,50-,51+,52-,54+,55+,56+,57+,58-/m1/s1. The number of hydrogen-bond acceptors (Lipinski definition) is 14. The molecule has 25 heteroatoms. The number of ether oxygens (including phenoxy) is 1. The number of nitrogens with zero attached hydrogens (tertiary/aromatic N) is 8. The molecule has 5 N–H and O–H groups in total. The van der Waals surface area contributed by atoms with Crippen molar-refractivity contribution in [1.82, 2.24) is 60.5 Å². The van der Waals surface area contributed by atoms with Crippen LogP contribution in [0.25, 0.3) is 0 Å². The minimum Gasteiger partial charge on any atom is -0.390 e. The molecule has 0 spiro atoms. The largest absolute Gasteiger partial charge is 0.390 e. The van der Waals surface area contributed by atoms with Gasteiger partial charge in [-0.25, -0.2) is 0 Å². The lowest BCUT2D eigenvalue weighted by molar-refractivity contribution is -0.157. The third-order valence-corrected chi connectivity index (χ3v) is 17.6. The molecule has 1 aliphatic heterocycles.